The zero-order valence-corrected chi connectivity index (χ0v) is 24.9. The molecule has 224 valence electrons. The van der Waals surface area contributed by atoms with Crippen molar-refractivity contribution in [1.29, 1.82) is 0 Å². The van der Waals surface area contributed by atoms with E-state index >= 15 is 0 Å². The Kier molecular flexibility index (Phi) is 8.13. The van der Waals surface area contributed by atoms with Gasteiger partial charge in [-0.15, -0.1) is 0 Å². The third kappa shape index (κ3) is 6.32. The van der Waals surface area contributed by atoms with Crippen LogP contribution in [0.4, 0.5) is 4.79 Å². The summed E-state index contributed by atoms with van der Waals surface area (Å²) >= 11 is 0. The Morgan fingerprint density at radius 2 is 1.47 bits per heavy atom. The Labute approximate surface area is 249 Å². The molecule has 1 saturated heterocycles. The number of rotatable bonds is 6. The van der Waals surface area contributed by atoms with Crippen LogP contribution >= 0.6 is 0 Å². The molecule has 1 aliphatic heterocycles. The minimum Gasteiger partial charge on any atom is -0.494 e. The van der Waals surface area contributed by atoms with E-state index in [1.165, 1.54) is 18.2 Å². The summed E-state index contributed by atoms with van der Waals surface area (Å²) in [4.78, 5) is 40.9. The van der Waals surface area contributed by atoms with Gasteiger partial charge < -0.3 is 14.7 Å². The van der Waals surface area contributed by atoms with Gasteiger partial charge in [0.05, 0.1) is 16.0 Å². The number of piperidine rings is 1. The van der Waals surface area contributed by atoms with E-state index in [1.54, 1.807) is 86.3 Å². The second kappa shape index (κ2) is 11.7. The SMILES string of the molecule is CC(C)(C)OC(=O)N1CCC(NS(=O)(=O)c2ccc3c(c2)c(C(=O)c2ccccc2)c(O)n3C(=O)c2ccccc2)CC1. The highest BCUT2D eigenvalue weighted by molar-refractivity contribution is 7.89. The van der Waals surface area contributed by atoms with E-state index in [4.69, 9.17) is 4.74 Å². The molecule has 4 aromatic rings. The highest BCUT2D eigenvalue weighted by Gasteiger charge is 2.31. The summed E-state index contributed by atoms with van der Waals surface area (Å²) in [6, 6.07) is 20.2. The molecule has 0 bridgehead atoms. The van der Waals surface area contributed by atoms with Crippen molar-refractivity contribution in [2.24, 2.45) is 0 Å². The number of aromatic hydroxyl groups is 1. The van der Waals surface area contributed by atoms with Crippen molar-refractivity contribution < 1.29 is 32.6 Å². The van der Waals surface area contributed by atoms with Gasteiger partial charge in [0.25, 0.3) is 5.91 Å². The maximum Gasteiger partial charge on any atom is 0.410 e. The van der Waals surface area contributed by atoms with Crippen LogP contribution in [0.1, 0.15) is 59.9 Å². The fourth-order valence-corrected chi connectivity index (χ4v) is 6.42. The zero-order valence-electron chi connectivity index (χ0n) is 24.1. The van der Waals surface area contributed by atoms with Gasteiger partial charge in [-0.2, -0.15) is 0 Å². The number of carbonyl (C=O) groups excluding carboxylic acids is 3. The van der Waals surface area contributed by atoms with Gasteiger partial charge in [-0.25, -0.2) is 22.5 Å². The summed E-state index contributed by atoms with van der Waals surface area (Å²) in [6.45, 7) is 6.01. The van der Waals surface area contributed by atoms with Gasteiger partial charge in [0.1, 0.15) is 5.60 Å². The van der Waals surface area contributed by atoms with Crippen molar-refractivity contribution in [3.8, 4) is 5.88 Å². The van der Waals surface area contributed by atoms with Crippen LogP contribution in [-0.4, -0.2) is 65.5 Å². The van der Waals surface area contributed by atoms with E-state index in [0.29, 0.717) is 25.9 Å². The molecule has 2 heterocycles. The van der Waals surface area contributed by atoms with Crippen molar-refractivity contribution >= 4 is 38.7 Å². The number of fused-ring (bicyclic) bond motifs is 1. The number of hydrogen-bond acceptors (Lipinski definition) is 7. The van der Waals surface area contributed by atoms with Crippen LogP contribution in [0.25, 0.3) is 10.9 Å². The molecule has 0 saturated carbocycles. The molecule has 1 fully saturated rings. The zero-order chi connectivity index (χ0) is 30.9. The van der Waals surface area contributed by atoms with Crippen molar-refractivity contribution in [1.82, 2.24) is 14.2 Å². The average molecular weight is 604 g/mol. The molecular formula is C32H33N3O7S. The molecule has 3 aromatic carbocycles. The third-order valence-corrected chi connectivity index (χ3v) is 8.70. The first kappa shape index (κ1) is 30.0. The molecule has 0 unspecified atom stereocenters. The average Bonchev–Trinajstić information content (AvgIpc) is 3.27. The first-order valence-corrected chi connectivity index (χ1v) is 15.4. The molecule has 1 aromatic heterocycles. The second-order valence-electron chi connectivity index (χ2n) is 11.4. The minimum atomic E-state index is -4.07. The number of aromatic nitrogens is 1. The Morgan fingerprint density at radius 1 is 0.884 bits per heavy atom. The van der Waals surface area contributed by atoms with Crippen molar-refractivity contribution in [3.63, 3.8) is 0 Å². The molecule has 1 amide bonds. The molecule has 5 rings (SSSR count). The van der Waals surface area contributed by atoms with Gasteiger partial charge in [-0.3, -0.25) is 9.59 Å². The summed E-state index contributed by atoms with van der Waals surface area (Å²) in [7, 11) is -4.07. The Bertz CT molecular complexity index is 1790. The fraction of sp³-hybridized carbons (Fsp3) is 0.281. The first-order valence-electron chi connectivity index (χ1n) is 13.9. The van der Waals surface area contributed by atoms with Crippen LogP contribution in [0, 0.1) is 0 Å². The summed E-state index contributed by atoms with van der Waals surface area (Å²) in [5.41, 5.74) is -0.0614. The highest BCUT2D eigenvalue weighted by atomic mass is 32.2. The first-order chi connectivity index (χ1) is 20.4. The quantitative estimate of drug-likeness (QED) is 0.298. The number of nitrogens with one attached hydrogen (secondary N) is 1. The standard InChI is InChI=1S/C32H33N3O7S/c1-32(2,3)42-31(39)34-18-16-23(17-19-34)33-43(40,41)24-14-15-26-25(20-24)27(28(36)21-10-6-4-7-11-21)30(38)35(26)29(37)22-12-8-5-9-13-22/h4-15,20,23,33,38H,16-19H2,1-3H3. The number of amides is 1. The summed E-state index contributed by atoms with van der Waals surface area (Å²) in [6.07, 6.45) is 0.340. The van der Waals surface area contributed by atoms with Crippen LogP contribution in [0.5, 0.6) is 5.88 Å². The van der Waals surface area contributed by atoms with E-state index in [1.807, 2.05) is 0 Å². The Hall–Kier alpha value is -4.48. The second-order valence-corrected chi connectivity index (χ2v) is 13.2. The highest BCUT2D eigenvalue weighted by Crippen LogP contribution is 2.35. The Balaban J connectivity index is 1.48. The number of benzene rings is 3. The van der Waals surface area contributed by atoms with E-state index in [9.17, 15) is 27.9 Å². The van der Waals surface area contributed by atoms with Gasteiger partial charge in [0.2, 0.25) is 15.9 Å². The molecule has 10 nitrogen and oxygen atoms in total. The molecule has 43 heavy (non-hydrogen) atoms. The molecule has 11 heteroatoms. The maximum atomic E-state index is 13.6. The lowest BCUT2D eigenvalue weighted by molar-refractivity contribution is 0.0203. The van der Waals surface area contributed by atoms with E-state index in [0.717, 1.165) is 4.57 Å². The number of hydrogen-bond donors (Lipinski definition) is 2. The Morgan fingerprint density at radius 3 is 2.05 bits per heavy atom. The number of ketones is 1. The van der Waals surface area contributed by atoms with Crippen molar-refractivity contribution in [2.45, 2.75) is 50.2 Å². The van der Waals surface area contributed by atoms with E-state index in [-0.39, 0.29) is 32.5 Å². The normalized spacial score (nSPS) is 14.5. The lowest BCUT2D eigenvalue weighted by Gasteiger charge is -2.33. The summed E-state index contributed by atoms with van der Waals surface area (Å²) in [5, 5.41) is 11.4. The molecule has 1 aliphatic rings. The van der Waals surface area contributed by atoms with Crippen molar-refractivity contribution in [2.75, 3.05) is 13.1 Å². The number of nitrogens with zero attached hydrogens (tertiary/aromatic N) is 2. The summed E-state index contributed by atoms with van der Waals surface area (Å²) in [5.74, 6) is -1.70. The lowest BCUT2D eigenvalue weighted by atomic mass is 10.0. The number of likely N-dealkylation sites (tertiary alicyclic amines) is 1. The monoisotopic (exact) mass is 603 g/mol. The summed E-state index contributed by atoms with van der Waals surface area (Å²) < 4.78 is 36.2. The largest absolute Gasteiger partial charge is 0.494 e. The number of carbonyl (C=O) groups is 3. The van der Waals surface area contributed by atoms with Gasteiger partial charge in [0.15, 0.2) is 5.78 Å². The van der Waals surface area contributed by atoms with E-state index < -0.39 is 45.3 Å². The molecule has 0 atom stereocenters. The van der Waals surface area contributed by atoms with Gasteiger partial charge in [-0.1, -0.05) is 48.5 Å². The third-order valence-electron chi connectivity index (χ3n) is 7.18. The lowest BCUT2D eigenvalue weighted by Crippen LogP contribution is -2.47. The molecule has 0 aliphatic carbocycles. The fourth-order valence-electron chi connectivity index (χ4n) is 5.09. The van der Waals surface area contributed by atoms with Crippen molar-refractivity contribution in [3.05, 3.63) is 95.6 Å². The molecule has 2 N–H and O–H groups in total. The number of ether oxygens (including phenoxy) is 1. The predicted molar refractivity (Wildman–Crippen MR) is 161 cm³/mol. The topological polar surface area (TPSA) is 135 Å². The molecule has 0 radical (unpaired) electrons. The molecule has 0 spiro atoms. The van der Waals surface area contributed by atoms with Gasteiger partial charge in [-0.05, 0) is 63.9 Å². The van der Waals surface area contributed by atoms with Crippen LogP contribution in [0.2, 0.25) is 0 Å². The van der Waals surface area contributed by atoms with Crippen LogP contribution in [0.15, 0.2) is 83.8 Å². The van der Waals surface area contributed by atoms with Crippen LogP contribution in [-0.2, 0) is 14.8 Å². The van der Waals surface area contributed by atoms with E-state index in [2.05, 4.69) is 4.72 Å². The van der Waals surface area contributed by atoms with Gasteiger partial charge in [0, 0.05) is 35.6 Å². The smallest absolute Gasteiger partial charge is 0.410 e. The predicted octanol–water partition coefficient (Wildman–Crippen LogP) is 4.94. The maximum absolute atomic E-state index is 13.6. The van der Waals surface area contributed by atoms with Crippen LogP contribution < -0.4 is 4.72 Å². The van der Waals surface area contributed by atoms with Crippen LogP contribution in [0.3, 0.4) is 0 Å². The molecular weight excluding hydrogens is 570 g/mol. The minimum absolute atomic E-state index is 0.123. The number of sulfonamides is 1. The van der Waals surface area contributed by atoms with Gasteiger partial charge >= 0.3 is 6.09 Å².